The van der Waals surface area contributed by atoms with Gasteiger partial charge in [0, 0.05) is 0 Å². The van der Waals surface area contributed by atoms with Gasteiger partial charge in [0.05, 0.1) is 11.1 Å². The van der Waals surface area contributed by atoms with E-state index >= 15 is 0 Å². The summed E-state index contributed by atoms with van der Waals surface area (Å²) in [5.41, 5.74) is -0.380. The van der Waals surface area contributed by atoms with Crippen LogP contribution in [0.15, 0.2) is 24.3 Å². The molecule has 0 aliphatic carbocycles. The van der Waals surface area contributed by atoms with Gasteiger partial charge in [0.2, 0.25) is 0 Å². The standard InChI is InChI=1S/C11H24.C8H6O4/c1-3-5-7-9-11-10-8-6-4-2;9-7(10)5-3-1-2-4-6(5)8(11)12/h3-11H2,1-2H3;1-4H,(H,9,10)(H,11,12). The third-order valence-corrected chi connectivity index (χ3v) is 3.59. The topological polar surface area (TPSA) is 74.6 Å². The predicted octanol–water partition coefficient (Wildman–Crippen LogP) is 5.62. The van der Waals surface area contributed by atoms with Crippen LogP contribution in [0.25, 0.3) is 0 Å². The van der Waals surface area contributed by atoms with Crippen LogP contribution in [0.1, 0.15) is 92.4 Å². The first-order chi connectivity index (χ1) is 11.0. The zero-order valence-corrected chi connectivity index (χ0v) is 14.4. The van der Waals surface area contributed by atoms with E-state index in [2.05, 4.69) is 13.8 Å². The number of benzene rings is 1. The van der Waals surface area contributed by atoms with Crippen molar-refractivity contribution in [2.45, 2.75) is 71.6 Å². The molecule has 0 spiro atoms. The predicted molar refractivity (Wildman–Crippen MR) is 93.3 cm³/mol. The number of hydrogen-bond acceptors (Lipinski definition) is 2. The minimum absolute atomic E-state index is 0.190. The summed E-state index contributed by atoms with van der Waals surface area (Å²) in [6.45, 7) is 4.55. The average molecular weight is 322 g/mol. The quantitative estimate of drug-likeness (QED) is 0.548. The fraction of sp³-hybridized carbons (Fsp3) is 0.579. The van der Waals surface area contributed by atoms with Crippen molar-refractivity contribution in [2.75, 3.05) is 0 Å². The van der Waals surface area contributed by atoms with Crippen molar-refractivity contribution in [3.8, 4) is 0 Å². The van der Waals surface area contributed by atoms with Gasteiger partial charge in [0.25, 0.3) is 0 Å². The highest BCUT2D eigenvalue weighted by atomic mass is 16.4. The van der Waals surface area contributed by atoms with Crippen LogP contribution in [0.2, 0.25) is 0 Å². The Bertz CT molecular complexity index is 413. The van der Waals surface area contributed by atoms with E-state index in [-0.39, 0.29) is 11.1 Å². The average Bonchev–Trinajstić information content (AvgIpc) is 2.54. The molecular formula is C19H30O4. The van der Waals surface area contributed by atoms with Crippen molar-refractivity contribution in [3.63, 3.8) is 0 Å². The van der Waals surface area contributed by atoms with Crippen molar-refractivity contribution >= 4 is 11.9 Å². The Morgan fingerprint density at radius 1 is 0.696 bits per heavy atom. The summed E-state index contributed by atoms with van der Waals surface area (Å²) in [6, 6.07) is 5.48. The molecule has 0 aliphatic heterocycles. The molecular weight excluding hydrogens is 292 g/mol. The number of unbranched alkanes of at least 4 members (excludes halogenated alkanes) is 8. The Kier molecular flexibility index (Phi) is 12.7. The fourth-order valence-electron chi connectivity index (χ4n) is 2.24. The zero-order chi connectivity index (χ0) is 17.5. The Morgan fingerprint density at radius 2 is 1.00 bits per heavy atom. The molecule has 4 heteroatoms. The van der Waals surface area contributed by atoms with E-state index in [0.717, 1.165) is 0 Å². The van der Waals surface area contributed by atoms with E-state index in [0.29, 0.717) is 0 Å². The number of rotatable bonds is 10. The van der Waals surface area contributed by atoms with Crippen LogP contribution in [0.5, 0.6) is 0 Å². The number of carboxylic acids is 2. The van der Waals surface area contributed by atoms with E-state index in [1.165, 1.54) is 82.1 Å². The molecule has 130 valence electrons. The molecule has 0 atom stereocenters. The van der Waals surface area contributed by atoms with E-state index in [4.69, 9.17) is 10.2 Å². The Hall–Kier alpha value is -1.84. The lowest BCUT2D eigenvalue weighted by atomic mass is 10.1. The molecule has 0 amide bonds. The van der Waals surface area contributed by atoms with E-state index < -0.39 is 11.9 Å². The molecule has 0 saturated heterocycles. The van der Waals surface area contributed by atoms with Crippen molar-refractivity contribution in [1.82, 2.24) is 0 Å². The third-order valence-electron chi connectivity index (χ3n) is 3.59. The van der Waals surface area contributed by atoms with Crippen molar-refractivity contribution in [2.24, 2.45) is 0 Å². The van der Waals surface area contributed by atoms with Gasteiger partial charge in [-0.3, -0.25) is 0 Å². The van der Waals surface area contributed by atoms with Gasteiger partial charge in [0.1, 0.15) is 0 Å². The highest BCUT2D eigenvalue weighted by Crippen LogP contribution is 2.09. The number of aromatic carboxylic acids is 2. The first kappa shape index (κ1) is 21.2. The lowest BCUT2D eigenvalue weighted by Gasteiger charge is -1.98. The second-order valence-electron chi connectivity index (χ2n) is 5.63. The van der Waals surface area contributed by atoms with Crippen LogP contribution in [0.3, 0.4) is 0 Å². The molecule has 0 aliphatic rings. The maximum absolute atomic E-state index is 10.5. The van der Waals surface area contributed by atoms with Crippen LogP contribution in [0.4, 0.5) is 0 Å². The summed E-state index contributed by atoms with van der Waals surface area (Å²) >= 11 is 0. The minimum atomic E-state index is -1.23. The van der Waals surface area contributed by atoms with E-state index in [9.17, 15) is 9.59 Å². The van der Waals surface area contributed by atoms with Crippen molar-refractivity contribution in [3.05, 3.63) is 35.4 Å². The summed E-state index contributed by atoms with van der Waals surface area (Å²) in [5.74, 6) is -2.46. The van der Waals surface area contributed by atoms with E-state index in [1.807, 2.05) is 0 Å². The molecule has 4 nitrogen and oxygen atoms in total. The van der Waals surface area contributed by atoms with Gasteiger partial charge in [-0.1, -0.05) is 83.8 Å². The molecule has 0 bridgehead atoms. The molecule has 2 N–H and O–H groups in total. The van der Waals surface area contributed by atoms with Gasteiger partial charge in [0.15, 0.2) is 0 Å². The largest absolute Gasteiger partial charge is 0.478 e. The second-order valence-corrected chi connectivity index (χ2v) is 5.63. The molecule has 0 aromatic heterocycles. The molecule has 0 fully saturated rings. The lowest BCUT2D eigenvalue weighted by Crippen LogP contribution is -2.06. The Balaban J connectivity index is 0.000000423. The summed E-state index contributed by atoms with van der Waals surface area (Å²) < 4.78 is 0. The molecule has 0 saturated carbocycles. The Morgan fingerprint density at radius 3 is 1.26 bits per heavy atom. The molecule has 1 aromatic rings. The highest BCUT2D eigenvalue weighted by Gasteiger charge is 2.13. The van der Waals surface area contributed by atoms with Gasteiger partial charge in [-0.05, 0) is 12.1 Å². The van der Waals surface area contributed by atoms with Crippen LogP contribution < -0.4 is 0 Å². The maximum atomic E-state index is 10.5. The highest BCUT2D eigenvalue weighted by molar-refractivity contribution is 6.01. The van der Waals surface area contributed by atoms with Crippen LogP contribution in [-0.4, -0.2) is 22.2 Å². The first-order valence-electron chi connectivity index (χ1n) is 8.60. The van der Waals surface area contributed by atoms with E-state index in [1.54, 1.807) is 0 Å². The normalized spacial score (nSPS) is 9.83. The van der Waals surface area contributed by atoms with Gasteiger partial charge in [-0.2, -0.15) is 0 Å². The summed E-state index contributed by atoms with van der Waals surface area (Å²) in [7, 11) is 0. The Labute approximate surface area is 139 Å². The maximum Gasteiger partial charge on any atom is 0.336 e. The van der Waals surface area contributed by atoms with Crippen molar-refractivity contribution in [1.29, 1.82) is 0 Å². The molecule has 1 rings (SSSR count). The SMILES string of the molecule is CCCCCCCCCCC.O=C(O)c1ccccc1C(=O)O. The molecule has 0 radical (unpaired) electrons. The zero-order valence-electron chi connectivity index (χ0n) is 14.4. The molecule has 1 aromatic carbocycles. The molecule has 23 heavy (non-hydrogen) atoms. The van der Waals surface area contributed by atoms with Gasteiger partial charge >= 0.3 is 11.9 Å². The smallest absolute Gasteiger partial charge is 0.336 e. The number of carbonyl (C=O) groups is 2. The summed E-state index contributed by atoms with van der Waals surface area (Å²) in [4.78, 5) is 20.9. The molecule has 0 heterocycles. The molecule has 0 unspecified atom stereocenters. The monoisotopic (exact) mass is 322 g/mol. The number of carboxylic acid groups (broad SMARTS) is 2. The van der Waals surface area contributed by atoms with Crippen molar-refractivity contribution < 1.29 is 19.8 Å². The first-order valence-corrected chi connectivity index (χ1v) is 8.60. The third kappa shape index (κ3) is 10.5. The fourth-order valence-corrected chi connectivity index (χ4v) is 2.24. The van der Waals surface area contributed by atoms with Gasteiger partial charge < -0.3 is 10.2 Å². The lowest BCUT2D eigenvalue weighted by molar-refractivity contribution is 0.0651. The summed E-state index contributed by atoms with van der Waals surface area (Å²) in [5, 5.41) is 17.1. The van der Waals surface area contributed by atoms with Crippen LogP contribution in [-0.2, 0) is 0 Å². The van der Waals surface area contributed by atoms with Gasteiger partial charge in [-0.25, -0.2) is 9.59 Å². The van der Waals surface area contributed by atoms with Crippen LogP contribution >= 0.6 is 0 Å². The number of hydrogen-bond donors (Lipinski definition) is 2. The minimum Gasteiger partial charge on any atom is -0.478 e. The second kappa shape index (κ2) is 13.8. The summed E-state index contributed by atoms with van der Waals surface area (Å²) in [6.07, 6.45) is 13.0. The van der Waals surface area contributed by atoms with Gasteiger partial charge in [-0.15, -0.1) is 0 Å². The van der Waals surface area contributed by atoms with Crippen LogP contribution in [0, 0.1) is 0 Å².